The van der Waals surface area contributed by atoms with Gasteiger partial charge in [-0.1, -0.05) is 0 Å². The number of nitriles is 1. The largest absolute Gasteiger partial charge is 0.495 e. The number of nitrogens with zero attached hydrogens (tertiary/aromatic N) is 2. The summed E-state index contributed by atoms with van der Waals surface area (Å²) in [5.74, 6) is 1.28. The highest BCUT2D eigenvalue weighted by Crippen LogP contribution is 2.49. The van der Waals surface area contributed by atoms with Crippen LogP contribution in [0.5, 0.6) is 11.5 Å². The number of pyridine rings is 1. The van der Waals surface area contributed by atoms with Gasteiger partial charge in [0.2, 0.25) is 0 Å². The molecule has 1 aromatic rings. The quantitative estimate of drug-likeness (QED) is 0.779. The smallest absolute Gasteiger partial charge is 0.145 e. The molecule has 0 radical (unpaired) electrons. The number of ether oxygens (including phenoxy) is 2. The molecule has 84 valence electrons. The van der Waals surface area contributed by atoms with E-state index in [9.17, 15) is 5.26 Å². The molecule has 1 saturated carbocycles. The second-order valence-corrected chi connectivity index (χ2v) is 3.97. The summed E-state index contributed by atoms with van der Waals surface area (Å²) in [6.45, 7) is 0. The molecule has 1 aliphatic carbocycles. The highest BCUT2D eigenvalue weighted by atomic mass is 16.5. The minimum absolute atomic E-state index is 0.445. The van der Waals surface area contributed by atoms with Crippen LogP contribution in [0, 0.1) is 11.3 Å². The highest BCUT2D eigenvalue weighted by Gasteiger charge is 2.43. The van der Waals surface area contributed by atoms with Crippen molar-refractivity contribution in [2.75, 3.05) is 14.2 Å². The summed E-state index contributed by atoms with van der Waals surface area (Å²) < 4.78 is 10.6. The van der Waals surface area contributed by atoms with Crippen LogP contribution in [0.4, 0.5) is 0 Å². The van der Waals surface area contributed by atoms with Gasteiger partial charge in [-0.3, -0.25) is 4.98 Å². The molecule has 4 heteroatoms. The van der Waals surface area contributed by atoms with Crippen LogP contribution < -0.4 is 9.47 Å². The first-order valence-electron chi connectivity index (χ1n) is 5.25. The Kier molecular flexibility index (Phi) is 2.69. The normalized spacial score (nSPS) is 17.1. The molecule has 0 unspecified atom stereocenters. The maximum absolute atomic E-state index is 9.35. The van der Waals surface area contributed by atoms with Gasteiger partial charge in [0.1, 0.15) is 11.5 Å². The molecular weight excluding hydrogens is 204 g/mol. The Morgan fingerprint density at radius 3 is 2.12 bits per heavy atom. The van der Waals surface area contributed by atoms with Crippen molar-refractivity contribution in [2.45, 2.75) is 24.7 Å². The number of rotatable bonds is 3. The Hall–Kier alpha value is -1.76. The third-order valence-electron chi connectivity index (χ3n) is 3.22. The summed E-state index contributed by atoms with van der Waals surface area (Å²) in [4.78, 5) is 4.03. The van der Waals surface area contributed by atoms with Crippen LogP contribution in [0.3, 0.4) is 0 Å². The molecule has 0 N–H and O–H groups in total. The van der Waals surface area contributed by atoms with E-state index in [-0.39, 0.29) is 0 Å². The molecule has 16 heavy (non-hydrogen) atoms. The fourth-order valence-corrected chi connectivity index (χ4v) is 2.15. The summed E-state index contributed by atoms with van der Waals surface area (Å²) in [5.41, 5.74) is 0.404. The maximum Gasteiger partial charge on any atom is 0.145 e. The van der Waals surface area contributed by atoms with E-state index in [4.69, 9.17) is 9.47 Å². The second-order valence-electron chi connectivity index (χ2n) is 3.97. The van der Waals surface area contributed by atoms with Gasteiger partial charge in [0.05, 0.1) is 43.7 Å². The zero-order valence-corrected chi connectivity index (χ0v) is 9.49. The predicted molar refractivity (Wildman–Crippen MR) is 58.5 cm³/mol. The van der Waals surface area contributed by atoms with E-state index in [1.165, 1.54) is 0 Å². The molecular formula is C12H14N2O2. The molecule has 2 rings (SSSR count). The standard InChI is InChI=1S/C12H14N2O2/c1-15-9-6-14-7-10(16-2)11(9)12(8-13)4-3-5-12/h6-7H,3-5H2,1-2H3. The summed E-state index contributed by atoms with van der Waals surface area (Å²) in [7, 11) is 3.17. The van der Waals surface area contributed by atoms with Crippen molar-refractivity contribution in [3.8, 4) is 17.6 Å². The topological polar surface area (TPSA) is 55.1 Å². The minimum atomic E-state index is -0.445. The Bertz CT molecular complexity index is 411. The van der Waals surface area contributed by atoms with Gasteiger partial charge in [0.15, 0.2) is 0 Å². The lowest BCUT2D eigenvalue weighted by atomic mass is 9.65. The van der Waals surface area contributed by atoms with Crippen molar-refractivity contribution >= 4 is 0 Å². The van der Waals surface area contributed by atoms with Crippen molar-refractivity contribution in [3.05, 3.63) is 18.0 Å². The van der Waals surface area contributed by atoms with E-state index in [0.717, 1.165) is 24.8 Å². The van der Waals surface area contributed by atoms with Gasteiger partial charge in [0, 0.05) is 0 Å². The third-order valence-corrected chi connectivity index (χ3v) is 3.22. The van der Waals surface area contributed by atoms with Crippen molar-refractivity contribution in [2.24, 2.45) is 0 Å². The van der Waals surface area contributed by atoms with Crippen molar-refractivity contribution in [1.82, 2.24) is 4.98 Å². The van der Waals surface area contributed by atoms with Crippen molar-refractivity contribution in [1.29, 1.82) is 5.26 Å². The van der Waals surface area contributed by atoms with Crippen LogP contribution >= 0.6 is 0 Å². The lowest BCUT2D eigenvalue weighted by molar-refractivity contribution is 0.289. The molecule has 0 amide bonds. The first-order valence-corrected chi connectivity index (χ1v) is 5.25. The molecule has 0 saturated heterocycles. The minimum Gasteiger partial charge on any atom is -0.495 e. The average molecular weight is 218 g/mol. The number of methoxy groups -OCH3 is 2. The lowest BCUT2D eigenvalue weighted by Gasteiger charge is -2.36. The van der Waals surface area contributed by atoms with E-state index in [2.05, 4.69) is 11.1 Å². The first kappa shape index (κ1) is 10.7. The SMILES string of the molecule is COc1cncc(OC)c1C1(C#N)CCC1. The molecule has 0 spiro atoms. The van der Waals surface area contributed by atoms with E-state index in [0.29, 0.717) is 11.5 Å². The van der Waals surface area contributed by atoms with E-state index >= 15 is 0 Å². The summed E-state index contributed by atoms with van der Waals surface area (Å²) in [6.07, 6.45) is 6.06. The van der Waals surface area contributed by atoms with Crippen LogP contribution in [-0.4, -0.2) is 19.2 Å². The third kappa shape index (κ3) is 1.40. The van der Waals surface area contributed by atoms with E-state index in [1.807, 2.05) is 0 Å². The van der Waals surface area contributed by atoms with Gasteiger partial charge in [-0.05, 0) is 19.3 Å². The summed E-state index contributed by atoms with van der Waals surface area (Å²) in [5, 5.41) is 9.35. The van der Waals surface area contributed by atoms with E-state index < -0.39 is 5.41 Å². The number of hydrogen-bond acceptors (Lipinski definition) is 4. The molecule has 1 heterocycles. The first-order chi connectivity index (χ1) is 7.77. The van der Waals surface area contributed by atoms with Gasteiger partial charge >= 0.3 is 0 Å². The molecule has 0 aromatic carbocycles. The Balaban J connectivity index is 2.57. The molecule has 1 aliphatic rings. The summed E-state index contributed by atoms with van der Waals surface area (Å²) in [6, 6.07) is 2.39. The zero-order chi connectivity index (χ0) is 11.6. The molecule has 0 aliphatic heterocycles. The number of aromatic nitrogens is 1. The van der Waals surface area contributed by atoms with Crippen LogP contribution in [0.2, 0.25) is 0 Å². The fraction of sp³-hybridized carbons (Fsp3) is 0.500. The lowest BCUT2D eigenvalue weighted by Crippen LogP contribution is -2.33. The van der Waals surface area contributed by atoms with Crippen LogP contribution in [0.15, 0.2) is 12.4 Å². The number of hydrogen-bond donors (Lipinski definition) is 0. The Morgan fingerprint density at radius 2 is 1.81 bits per heavy atom. The maximum atomic E-state index is 9.35. The molecule has 1 fully saturated rings. The average Bonchev–Trinajstić information content (AvgIpc) is 2.28. The fourth-order valence-electron chi connectivity index (χ4n) is 2.15. The molecule has 1 aromatic heterocycles. The van der Waals surface area contributed by atoms with Crippen LogP contribution in [-0.2, 0) is 5.41 Å². The van der Waals surface area contributed by atoms with Gasteiger partial charge in [0.25, 0.3) is 0 Å². The molecule has 0 bridgehead atoms. The van der Waals surface area contributed by atoms with Gasteiger partial charge in [-0.25, -0.2) is 0 Å². The Morgan fingerprint density at radius 1 is 1.25 bits per heavy atom. The molecule has 4 nitrogen and oxygen atoms in total. The van der Waals surface area contributed by atoms with Crippen molar-refractivity contribution in [3.63, 3.8) is 0 Å². The zero-order valence-electron chi connectivity index (χ0n) is 9.49. The Labute approximate surface area is 94.8 Å². The van der Waals surface area contributed by atoms with Gasteiger partial charge < -0.3 is 9.47 Å². The monoisotopic (exact) mass is 218 g/mol. The van der Waals surface area contributed by atoms with Crippen molar-refractivity contribution < 1.29 is 9.47 Å². The van der Waals surface area contributed by atoms with Crippen LogP contribution in [0.1, 0.15) is 24.8 Å². The van der Waals surface area contributed by atoms with Crippen LogP contribution in [0.25, 0.3) is 0 Å². The predicted octanol–water partition coefficient (Wildman–Crippen LogP) is 2.04. The van der Waals surface area contributed by atoms with Gasteiger partial charge in [-0.15, -0.1) is 0 Å². The highest BCUT2D eigenvalue weighted by molar-refractivity contribution is 5.52. The van der Waals surface area contributed by atoms with E-state index in [1.54, 1.807) is 26.6 Å². The molecule has 0 atom stereocenters. The second kappa shape index (κ2) is 4.01. The summed E-state index contributed by atoms with van der Waals surface area (Å²) >= 11 is 0. The van der Waals surface area contributed by atoms with Gasteiger partial charge in [-0.2, -0.15) is 5.26 Å².